The van der Waals surface area contributed by atoms with Crippen molar-refractivity contribution < 1.29 is 8.83 Å². The summed E-state index contributed by atoms with van der Waals surface area (Å²) < 4.78 is 13.3. The van der Waals surface area contributed by atoms with E-state index >= 15 is 0 Å². The van der Waals surface area contributed by atoms with Crippen LogP contribution in [0.1, 0.15) is 12.5 Å². The molecule has 0 radical (unpaired) electrons. The Kier molecular flexibility index (Phi) is 7.48. The molecule has 9 aromatic rings. The van der Waals surface area contributed by atoms with E-state index in [-0.39, 0.29) is 0 Å². The molecule has 0 bridgehead atoms. The van der Waals surface area contributed by atoms with Gasteiger partial charge in [-0.25, -0.2) is 9.97 Å². The van der Waals surface area contributed by atoms with E-state index in [2.05, 4.69) is 91.5 Å². The minimum absolute atomic E-state index is 0.614. The zero-order valence-electron chi connectivity index (χ0n) is 28.0. The van der Waals surface area contributed by atoms with Gasteiger partial charge in [-0.2, -0.15) is 0 Å². The zero-order chi connectivity index (χ0) is 34.3. The Bertz CT molecular complexity index is 2830. The third-order valence-electron chi connectivity index (χ3n) is 9.41. The van der Waals surface area contributed by atoms with Gasteiger partial charge in [0.15, 0.2) is 5.82 Å². The summed E-state index contributed by atoms with van der Waals surface area (Å²) in [7, 11) is 0. The van der Waals surface area contributed by atoms with E-state index in [1.807, 2.05) is 85.8 Å². The Morgan fingerprint density at radius 1 is 0.549 bits per heavy atom. The van der Waals surface area contributed by atoms with Crippen molar-refractivity contribution in [2.75, 3.05) is 0 Å². The summed E-state index contributed by atoms with van der Waals surface area (Å²) in [5.41, 5.74) is 11.6. The molecular weight excluding hydrogens is 625 g/mol. The molecule has 9 rings (SSSR count). The molecule has 0 spiro atoms. The fourth-order valence-corrected chi connectivity index (χ4v) is 7.01. The zero-order valence-corrected chi connectivity index (χ0v) is 28.0. The first-order valence-electron chi connectivity index (χ1n) is 17.1. The Morgan fingerprint density at radius 3 is 2.04 bits per heavy atom. The van der Waals surface area contributed by atoms with Crippen molar-refractivity contribution in [3.05, 3.63) is 176 Å². The normalized spacial score (nSPS) is 11.9. The summed E-state index contributed by atoms with van der Waals surface area (Å²) >= 11 is 0. The van der Waals surface area contributed by atoms with Gasteiger partial charge in [0.2, 0.25) is 0 Å². The van der Waals surface area contributed by atoms with Gasteiger partial charge in [-0.3, -0.25) is 0 Å². The maximum atomic E-state index is 6.76. The highest BCUT2D eigenvalue weighted by Crippen LogP contribution is 2.45. The number of hydrogen-bond acceptors (Lipinski definition) is 4. The first-order chi connectivity index (χ1) is 25.2. The number of benzene rings is 6. The summed E-state index contributed by atoms with van der Waals surface area (Å²) in [6, 6.07) is 47.5. The van der Waals surface area contributed by atoms with Crippen molar-refractivity contribution in [1.82, 2.24) is 9.97 Å². The number of rotatable bonds is 7. The third-order valence-corrected chi connectivity index (χ3v) is 9.41. The van der Waals surface area contributed by atoms with Crippen molar-refractivity contribution in [1.29, 1.82) is 0 Å². The van der Waals surface area contributed by atoms with Gasteiger partial charge in [0.25, 0.3) is 0 Å². The molecule has 0 amide bonds. The second kappa shape index (κ2) is 12.6. The van der Waals surface area contributed by atoms with Crippen molar-refractivity contribution in [2.24, 2.45) is 0 Å². The second-order valence-electron chi connectivity index (χ2n) is 12.5. The fourth-order valence-electron chi connectivity index (χ4n) is 7.01. The van der Waals surface area contributed by atoms with Crippen molar-refractivity contribution >= 4 is 49.5 Å². The van der Waals surface area contributed by atoms with Gasteiger partial charge in [0.1, 0.15) is 22.3 Å². The second-order valence-corrected chi connectivity index (χ2v) is 12.5. The number of aromatic nitrogens is 2. The van der Waals surface area contributed by atoms with Gasteiger partial charge in [-0.1, -0.05) is 146 Å². The predicted molar refractivity (Wildman–Crippen MR) is 211 cm³/mol. The SMILES string of the molecule is C=C(/C=C\C=C/C)c1ccccc1-c1nc(-c2ccccc2)cc(-c2ccc(-c3cccc4c3oc3ccccc34)c3c2oc2ccccc23)n1. The quantitative estimate of drug-likeness (QED) is 0.160. The number of fused-ring (bicyclic) bond motifs is 6. The molecule has 0 unspecified atom stereocenters. The number of hydrogen-bond donors (Lipinski definition) is 0. The lowest BCUT2D eigenvalue weighted by molar-refractivity contribution is 0.669. The van der Waals surface area contributed by atoms with Crippen LogP contribution < -0.4 is 0 Å². The highest BCUT2D eigenvalue weighted by atomic mass is 16.3. The van der Waals surface area contributed by atoms with E-state index in [1.54, 1.807) is 0 Å². The Balaban J connectivity index is 1.30. The first kappa shape index (κ1) is 30.3. The molecule has 0 aliphatic carbocycles. The van der Waals surface area contributed by atoms with Gasteiger partial charge in [-0.05, 0) is 47.9 Å². The summed E-state index contributed by atoms with van der Waals surface area (Å²) in [6.07, 6.45) is 8.00. The minimum atomic E-state index is 0.614. The topological polar surface area (TPSA) is 52.1 Å². The maximum Gasteiger partial charge on any atom is 0.161 e. The molecule has 4 heteroatoms. The molecular formula is C47H32N2O2. The highest BCUT2D eigenvalue weighted by molar-refractivity contribution is 6.19. The molecule has 51 heavy (non-hydrogen) atoms. The monoisotopic (exact) mass is 656 g/mol. The molecule has 0 fully saturated rings. The fraction of sp³-hybridized carbons (Fsp3) is 0.0213. The summed E-state index contributed by atoms with van der Waals surface area (Å²) in [6.45, 7) is 6.38. The van der Waals surface area contributed by atoms with Gasteiger partial charge in [0, 0.05) is 43.8 Å². The Labute approximate surface area is 295 Å². The largest absolute Gasteiger partial charge is 0.455 e. The molecule has 3 heterocycles. The first-order valence-corrected chi connectivity index (χ1v) is 17.1. The highest BCUT2D eigenvalue weighted by Gasteiger charge is 2.22. The van der Waals surface area contributed by atoms with Crippen LogP contribution in [0.5, 0.6) is 0 Å². The van der Waals surface area contributed by atoms with E-state index in [9.17, 15) is 0 Å². The Morgan fingerprint density at radius 2 is 1.20 bits per heavy atom. The lowest BCUT2D eigenvalue weighted by atomic mass is 9.94. The lowest BCUT2D eigenvalue weighted by Crippen LogP contribution is -1.98. The molecule has 0 saturated heterocycles. The van der Waals surface area contributed by atoms with Gasteiger partial charge < -0.3 is 8.83 Å². The smallest absolute Gasteiger partial charge is 0.161 e. The van der Waals surface area contributed by atoms with E-state index in [0.29, 0.717) is 5.82 Å². The van der Waals surface area contributed by atoms with Crippen LogP contribution in [0.15, 0.2) is 179 Å². The van der Waals surface area contributed by atoms with Crippen LogP contribution in [-0.4, -0.2) is 9.97 Å². The van der Waals surface area contributed by atoms with Crippen LogP contribution >= 0.6 is 0 Å². The van der Waals surface area contributed by atoms with Crippen LogP contribution in [0.2, 0.25) is 0 Å². The molecule has 0 aliphatic rings. The molecule has 0 N–H and O–H groups in total. The van der Waals surface area contributed by atoms with E-state index in [1.165, 1.54) is 0 Å². The van der Waals surface area contributed by atoms with Gasteiger partial charge in [0.05, 0.1) is 11.4 Å². The maximum absolute atomic E-state index is 6.76. The van der Waals surface area contributed by atoms with Crippen LogP contribution in [-0.2, 0) is 0 Å². The molecule has 4 nitrogen and oxygen atoms in total. The third kappa shape index (κ3) is 5.25. The summed E-state index contributed by atoms with van der Waals surface area (Å²) in [5, 5.41) is 4.23. The number of para-hydroxylation sites is 3. The number of nitrogens with zero attached hydrogens (tertiary/aromatic N) is 2. The number of allylic oxidation sites excluding steroid dienone is 5. The lowest BCUT2D eigenvalue weighted by Gasteiger charge is -2.13. The van der Waals surface area contributed by atoms with Gasteiger partial charge in [-0.15, -0.1) is 0 Å². The molecule has 6 aromatic carbocycles. The average molecular weight is 657 g/mol. The Hall–Kier alpha value is -6.78. The molecule has 0 saturated carbocycles. The molecule has 0 atom stereocenters. The van der Waals surface area contributed by atoms with Crippen LogP contribution in [0.3, 0.4) is 0 Å². The van der Waals surface area contributed by atoms with Crippen LogP contribution in [0, 0.1) is 0 Å². The summed E-state index contributed by atoms with van der Waals surface area (Å²) in [4.78, 5) is 10.4. The van der Waals surface area contributed by atoms with E-state index < -0.39 is 0 Å². The summed E-state index contributed by atoms with van der Waals surface area (Å²) in [5.74, 6) is 0.614. The van der Waals surface area contributed by atoms with Crippen molar-refractivity contribution in [3.63, 3.8) is 0 Å². The molecule has 3 aromatic heterocycles. The molecule has 242 valence electrons. The minimum Gasteiger partial charge on any atom is -0.455 e. The van der Waals surface area contributed by atoms with E-state index in [0.717, 1.165) is 94.2 Å². The van der Waals surface area contributed by atoms with Crippen molar-refractivity contribution in [3.8, 4) is 45.0 Å². The molecule has 0 aliphatic heterocycles. The standard InChI is InChI=1S/C47H32N2O2/c1-3-4-6-16-30(2)32-19-9-10-21-37(32)47-48-40(31-17-7-5-8-18-31)29-41(49-47)38-28-27-34(44-39-22-12-14-26-43(39)51-46(38)44)36-24-15-23-35-33-20-11-13-25-42(33)50-45(35)36/h3-29H,2H2,1H3/b4-3-,16-6-. The van der Waals surface area contributed by atoms with Crippen molar-refractivity contribution in [2.45, 2.75) is 6.92 Å². The van der Waals surface area contributed by atoms with Crippen LogP contribution in [0.4, 0.5) is 0 Å². The number of furan rings is 2. The van der Waals surface area contributed by atoms with Gasteiger partial charge >= 0.3 is 0 Å². The average Bonchev–Trinajstić information content (AvgIpc) is 3.77. The van der Waals surface area contributed by atoms with Crippen LogP contribution in [0.25, 0.3) is 94.5 Å². The van der Waals surface area contributed by atoms with E-state index in [4.69, 9.17) is 18.8 Å². The predicted octanol–water partition coefficient (Wildman–Crippen LogP) is 13.1.